The third-order valence-corrected chi connectivity index (χ3v) is 5.15. The second kappa shape index (κ2) is 8.42. The molecule has 0 aliphatic carbocycles. The fourth-order valence-corrected chi connectivity index (χ4v) is 3.29. The molecule has 146 valence electrons. The Kier molecular flexibility index (Phi) is 5.55. The van der Waals surface area contributed by atoms with Crippen molar-refractivity contribution in [1.29, 1.82) is 0 Å². The van der Waals surface area contributed by atoms with Crippen LogP contribution in [0.2, 0.25) is 4.34 Å². The summed E-state index contributed by atoms with van der Waals surface area (Å²) < 4.78 is 16.4. The molecule has 0 bridgehead atoms. The van der Waals surface area contributed by atoms with Gasteiger partial charge in [-0.15, -0.1) is 5.10 Å². The van der Waals surface area contributed by atoms with E-state index in [9.17, 15) is 4.79 Å². The average Bonchev–Trinajstić information content (AvgIpc) is 3.39. The molecule has 2 heterocycles. The van der Waals surface area contributed by atoms with Crippen LogP contribution in [0.5, 0.6) is 5.75 Å². The molecular weight excluding hydrogens is 412 g/mol. The standard InChI is InChI=1S/C20H15ClN4O3S/c1-27-15-9-7-13(8-10-15)18-16(11-25(23-18)14-5-3-2-4-6-14)20(26)28-12-17-19(21)29-24-22-17/h2-11H,12H2,1H3. The number of rotatable bonds is 6. The van der Waals surface area contributed by atoms with Crippen molar-refractivity contribution >= 4 is 29.1 Å². The van der Waals surface area contributed by atoms with Crippen molar-refractivity contribution in [2.24, 2.45) is 0 Å². The zero-order valence-corrected chi connectivity index (χ0v) is 16.9. The van der Waals surface area contributed by atoms with E-state index >= 15 is 0 Å². The first-order valence-electron chi connectivity index (χ1n) is 8.59. The Labute approximate surface area is 175 Å². The number of para-hydroxylation sites is 1. The monoisotopic (exact) mass is 426 g/mol. The van der Waals surface area contributed by atoms with Crippen LogP contribution in [-0.4, -0.2) is 32.4 Å². The average molecular weight is 427 g/mol. The SMILES string of the molecule is COc1ccc(-c2nn(-c3ccccc3)cc2C(=O)OCc2nnsc2Cl)cc1. The molecule has 0 N–H and O–H groups in total. The molecule has 0 fully saturated rings. The molecule has 0 aliphatic heterocycles. The zero-order valence-electron chi connectivity index (χ0n) is 15.3. The van der Waals surface area contributed by atoms with Crippen molar-refractivity contribution in [2.45, 2.75) is 6.61 Å². The van der Waals surface area contributed by atoms with Gasteiger partial charge in [-0.2, -0.15) is 5.10 Å². The third kappa shape index (κ3) is 4.13. The van der Waals surface area contributed by atoms with Crippen molar-refractivity contribution in [2.75, 3.05) is 7.11 Å². The summed E-state index contributed by atoms with van der Waals surface area (Å²) in [6, 6.07) is 16.8. The van der Waals surface area contributed by atoms with Crippen LogP contribution in [-0.2, 0) is 11.3 Å². The Morgan fingerprint density at radius 2 is 1.90 bits per heavy atom. The number of hydrogen-bond donors (Lipinski definition) is 0. The number of aromatic nitrogens is 4. The van der Waals surface area contributed by atoms with Gasteiger partial charge in [0.1, 0.15) is 33.6 Å². The molecule has 0 spiro atoms. The topological polar surface area (TPSA) is 79.1 Å². The Morgan fingerprint density at radius 3 is 2.55 bits per heavy atom. The van der Waals surface area contributed by atoms with Gasteiger partial charge in [0, 0.05) is 23.3 Å². The van der Waals surface area contributed by atoms with Gasteiger partial charge in [0.15, 0.2) is 0 Å². The number of benzene rings is 2. The predicted molar refractivity (Wildman–Crippen MR) is 110 cm³/mol. The van der Waals surface area contributed by atoms with Gasteiger partial charge < -0.3 is 9.47 Å². The number of carbonyl (C=O) groups is 1. The maximum atomic E-state index is 12.8. The molecule has 0 radical (unpaired) electrons. The Morgan fingerprint density at radius 1 is 1.14 bits per heavy atom. The maximum absolute atomic E-state index is 12.8. The molecular formula is C20H15ClN4O3S. The number of carbonyl (C=O) groups excluding carboxylic acids is 1. The molecule has 4 aromatic rings. The quantitative estimate of drug-likeness (QED) is 0.425. The van der Waals surface area contributed by atoms with Crippen molar-refractivity contribution in [3.05, 3.63) is 76.4 Å². The van der Waals surface area contributed by atoms with Crippen LogP contribution in [0.25, 0.3) is 16.9 Å². The molecule has 0 saturated heterocycles. The number of methoxy groups -OCH3 is 1. The predicted octanol–water partition coefficient (Wildman–Crippen LogP) is 4.41. The first kappa shape index (κ1) is 19.1. The molecule has 0 aliphatic rings. The summed E-state index contributed by atoms with van der Waals surface area (Å²) in [4.78, 5) is 12.8. The van der Waals surface area contributed by atoms with E-state index in [0.717, 1.165) is 22.8 Å². The molecule has 0 atom stereocenters. The van der Waals surface area contributed by atoms with E-state index < -0.39 is 5.97 Å². The minimum Gasteiger partial charge on any atom is -0.497 e. The lowest BCUT2D eigenvalue weighted by atomic mass is 10.1. The highest BCUT2D eigenvalue weighted by Crippen LogP contribution is 2.27. The fourth-order valence-electron chi connectivity index (χ4n) is 2.69. The van der Waals surface area contributed by atoms with Crippen LogP contribution in [0, 0.1) is 0 Å². The third-order valence-electron chi connectivity index (χ3n) is 4.17. The summed E-state index contributed by atoms with van der Waals surface area (Å²) in [7, 11) is 1.60. The van der Waals surface area contributed by atoms with Gasteiger partial charge in [0.05, 0.1) is 12.8 Å². The van der Waals surface area contributed by atoms with E-state index in [-0.39, 0.29) is 6.61 Å². The van der Waals surface area contributed by atoms with E-state index in [1.165, 1.54) is 0 Å². The van der Waals surface area contributed by atoms with E-state index in [0.29, 0.717) is 27.0 Å². The molecule has 29 heavy (non-hydrogen) atoms. The van der Waals surface area contributed by atoms with Crippen molar-refractivity contribution in [3.63, 3.8) is 0 Å². The van der Waals surface area contributed by atoms with Crippen molar-refractivity contribution < 1.29 is 14.3 Å². The van der Waals surface area contributed by atoms with Gasteiger partial charge in [-0.3, -0.25) is 0 Å². The molecule has 9 heteroatoms. The highest BCUT2D eigenvalue weighted by atomic mass is 35.5. The second-order valence-corrected chi connectivity index (χ2v) is 7.33. The van der Waals surface area contributed by atoms with Gasteiger partial charge in [0.25, 0.3) is 0 Å². The van der Waals surface area contributed by atoms with Gasteiger partial charge in [0.2, 0.25) is 0 Å². The van der Waals surface area contributed by atoms with Crippen LogP contribution in [0.3, 0.4) is 0 Å². The number of esters is 1. The summed E-state index contributed by atoms with van der Waals surface area (Å²) in [5, 5.41) is 8.47. The van der Waals surface area contributed by atoms with Crippen LogP contribution in [0.1, 0.15) is 16.1 Å². The number of hydrogen-bond acceptors (Lipinski definition) is 7. The van der Waals surface area contributed by atoms with E-state index in [1.54, 1.807) is 18.0 Å². The molecule has 0 unspecified atom stereocenters. The Bertz CT molecular complexity index is 1130. The van der Waals surface area contributed by atoms with Crippen LogP contribution >= 0.6 is 23.1 Å². The molecule has 2 aromatic heterocycles. The highest BCUT2D eigenvalue weighted by Gasteiger charge is 2.21. The lowest BCUT2D eigenvalue weighted by Crippen LogP contribution is -2.06. The summed E-state index contributed by atoms with van der Waals surface area (Å²) in [6.07, 6.45) is 1.65. The van der Waals surface area contributed by atoms with Gasteiger partial charge >= 0.3 is 5.97 Å². The van der Waals surface area contributed by atoms with Crippen LogP contribution < -0.4 is 4.74 Å². The summed E-state index contributed by atoms with van der Waals surface area (Å²) in [5.74, 6) is 0.188. The second-order valence-electron chi connectivity index (χ2n) is 5.97. The lowest BCUT2D eigenvalue weighted by molar-refractivity contribution is 0.0469. The Hall–Kier alpha value is -3.23. The van der Waals surface area contributed by atoms with Gasteiger partial charge in [-0.25, -0.2) is 9.48 Å². The largest absolute Gasteiger partial charge is 0.497 e. The first-order valence-corrected chi connectivity index (χ1v) is 9.74. The van der Waals surface area contributed by atoms with Crippen molar-refractivity contribution in [1.82, 2.24) is 19.4 Å². The van der Waals surface area contributed by atoms with E-state index in [1.807, 2.05) is 54.6 Å². The maximum Gasteiger partial charge on any atom is 0.342 e. The van der Waals surface area contributed by atoms with Crippen LogP contribution in [0.15, 0.2) is 60.8 Å². The number of halogens is 1. The minimum atomic E-state index is -0.526. The van der Waals surface area contributed by atoms with E-state index in [4.69, 9.17) is 21.1 Å². The van der Waals surface area contributed by atoms with Gasteiger partial charge in [-0.05, 0) is 36.4 Å². The molecule has 2 aromatic carbocycles. The van der Waals surface area contributed by atoms with E-state index in [2.05, 4.69) is 14.7 Å². The molecule has 7 nitrogen and oxygen atoms in total. The smallest absolute Gasteiger partial charge is 0.342 e. The van der Waals surface area contributed by atoms with Crippen molar-refractivity contribution in [3.8, 4) is 22.7 Å². The molecule has 0 amide bonds. The van der Waals surface area contributed by atoms with Crippen LogP contribution in [0.4, 0.5) is 0 Å². The lowest BCUT2D eigenvalue weighted by Gasteiger charge is -2.05. The number of ether oxygens (including phenoxy) is 2. The molecule has 0 saturated carbocycles. The highest BCUT2D eigenvalue weighted by molar-refractivity contribution is 7.10. The normalized spacial score (nSPS) is 10.7. The summed E-state index contributed by atoms with van der Waals surface area (Å²) >= 11 is 7.02. The number of nitrogens with zero attached hydrogens (tertiary/aromatic N) is 4. The first-order chi connectivity index (χ1) is 14.2. The zero-order chi connectivity index (χ0) is 20.2. The minimum absolute atomic E-state index is 0.0628. The summed E-state index contributed by atoms with van der Waals surface area (Å²) in [5.41, 5.74) is 2.85. The fraction of sp³-hybridized carbons (Fsp3) is 0.100. The summed E-state index contributed by atoms with van der Waals surface area (Å²) in [6.45, 7) is -0.0628. The Balaban J connectivity index is 1.69. The van der Waals surface area contributed by atoms with Gasteiger partial charge in [-0.1, -0.05) is 34.3 Å². The molecule has 4 rings (SSSR count).